The third-order valence-electron chi connectivity index (χ3n) is 4.31. The van der Waals surface area contributed by atoms with Gasteiger partial charge in [0.1, 0.15) is 0 Å². The van der Waals surface area contributed by atoms with Gasteiger partial charge >= 0.3 is 6.03 Å². The molecule has 102 valence electrons. The Morgan fingerprint density at radius 2 is 2.06 bits per heavy atom. The van der Waals surface area contributed by atoms with E-state index in [2.05, 4.69) is 12.2 Å². The van der Waals surface area contributed by atoms with Crippen molar-refractivity contribution in [2.24, 2.45) is 17.8 Å². The first kappa shape index (κ1) is 13.4. The van der Waals surface area contributed by atoms with E-state index >= 15 is 0 Å². The second kappa shape index (κ2) is 5.72. The SMILES string of the molecule is CC1CCCC(CCN2CC(C)C(=O)NC2=O)C1. The molecule has 0 aromatic rings. The molecule has 3 atom stereocenters. The molecule has 2 aliphatic rings. The maximum Gasteiger partial charge on any atom is 0.324 e. The average molecular weight is 252 g/mol. The largest absolute Gasteiger partial charge is 0.324 e. The Hall–Kier alpha value is -1.06. The zero-order valence-corrected chi connectivity index (χ0v) is 11.4. The predicted molar refractivity (Wildman–Crippen MR) is 70.0 cm³/mol. The summed E-state index contributed by atoms with van der Waals surface area (Å²) in [5, 5.41) is 2.42. The van der Waals surface area contributed by atoms with E-state index in [1.54, 1.807) is 4.90 Å². The van der Waals surface area contributed by atoms with Gasteiger partial charge in [0.25, 0.3) is 0 Å². The topological polar surface area (TPSA) is 49.4 Å². The zero-order chi connectivity index (χ0) is 13.1. The standard InChI is InChI=1S/C14H24N2O2/c1-10-4-3-5-12(8-10)6-7-16-9-11(2)13(17)15-14(16)18/h10-12H,3-9H2,1-2H3,(H,15,17,18). The number of carbonyl (C=O) groups is 2. The van der Waals surface area contributed by atoms with Crippen LogP contribution in [-0.4, -0.2) is 29.9 Å². The van der Waals surface area contributed by atoms with Gasteiger partial charge in [0.05, 0.1) is 5.92 Å². The minimum absolute atomic E-state index is 0.0759. The van der Waals surface area contributed by atoms with E-state index in [0.717, 1.165) is 24.8 Å². The summed E-state index contributed by atoms with van der Waals surface area (Å²) in [6, 6.07) is -0.207. The van der Waals surface area contributed by atoms with Crippen molar-refractivity contribution in [3.05, 3.63) is 0 Å². The second-order valence-corrected chi connectivity index (χ2v) is 6.07. The Kier molecular flexibility index (Phi) is 4.25. The van der Waals surface area contributed by atoms with Gasteiger partial charge in [-0.25, -0.2) is 4.79 Å². The molecule has 0 aromatic heterocycles. The Balaban J connectivity index is 1.79. The highest BCUT2D eigenvalue weighted by molar-refractivity contribution is 5.97. The summed E-state index contributed by atoms with van der Waals surface area (Å²) < 4.78 is 0. The molecule has 3 unspecified atom stereocenters. The molecule has 0 spiro atoms. The summed E-state index contributed by atoms with van der Waals surface area (Å²) in [7, 11) is 0. The number of urea groups is 1. The van der Waals surface area contributed by atoms with Crippen LogP contribution in [0.3, 0.4) is 0 Å². The Labute approximate surface area is 109 Å². The molecule has 4 nitrogen and oxygen atoms in total. The normalized spacial score (nSPS) is 33.4. The first-order valence-electron chi connectivity index (χ1n) is 7.16. The lowest BCUT2D eigenvalue weighted by Gasteiger charge is -2.33. The molecule has 1 N–H and O–H groups in total. The van der Waals surface area contributed by atoms with E-state index in [1.165, 1.54) is 25.7 Å². The third kappa shape index (κ3) is 3.24. The monoisotopic (exact) mass is 252 g/mol. The molecular formula is C14H24N2O2. The highest BCUT2D eigenvalue weighted by Gasteiger charge is 2.29. The maximum absolute atomic E-state index is 11.7. The second-order valence-electron chi connectivity index (χ2n) is 6.07. The molecule has 1 saturated heterocycles. The van der Waals surface area contributed by atoms with Crippen molar-refractivity contribution >= 4 is 11.9 Å². The first-order chi connectivity index (χ1) is 8.56. The summed E-state index contributed by atoms with van der Waals surface area (Å²) in [4.78, 5) is 24.8. The molecule has 2 fully saturated rings. The van der Waals surface area contributed by atoms with Crippen LogP contribution in [0.4, 0.5) is 4.79 Å². The van der Waals surface area contributed by atoms with Crippen LogP contribution in [0.15, 0.2) is 0 Å². The predicted octanol–water partition coefficient (Wildman–Crippen LogP) is 2.39. The van der Waals surface area contributed by atoms with Crippen LogP contribution in [0.25, 0.3) is 0 Å². The lowest BCUT2D eigenvalue weighted by Crippen LogP contribution is -2.54. The number of amides is 3. The Morgan fingerprint density at radius 1 is 1.28 bits per heavy atom. The van der Waals surface area contributed by atoms with Crippen LogP contribution in [0.1, 0.15) is 46.0 Å². The van der Waals surface area contributed by atoms with Gasteiger partial charge in [0, 0.05) is 13.1 Å². The van der Waals surface area contributed by atoms with Gasteiger partial charge in [-0.2, -0.15) is 0 Å². The maximum atomic E-state index is 11.7. The van der Waals surface area contributed by atoms with E-state index in [-0.39, 0.29) is 17.9 Å². The van der Waals surface area contributed by atoms with Crippen molar-refractivity contribution in [1.82, 2.24) is 10.2 Å². The molecule has 0 bridgehead atoms. The summed E-state index contributed by atoms with van der Waals surface area (Å²) in [5.74, 6) is 1.38. The van der Waals surface area contributed by atoms with Crippen molar-refractivity contribution < 1.29 is 9.59 Å². The number of nitrogens with one attached hydrogen (secondary N) is 1. The Bertz CT molecular complexity index is 330. The van der Waals surface area contributed by atoms with Gasteiger partial charge in [-0.1, -0.05) is 33.1 Å². The highest BCUT2D eigenvalue weighted by atomic mass is 16.2. The number of rotatable bonds is 3. The number of imide groups is 1. The van der Waals surface area contributed by atoms with Crippen LogP contribution in [0, 0.1) is 17.8 Å². The van der Waals surface area contributed by atoms with Gasteiger partial charge in [-0.05, 0) is 24.7 Å². The minimum Gasteiger partial charge on any atom is -0.324 e. The zero-order valence-electron chi connectivity index (χ0n) is 11.4. The quantitative estimate of drug-likeness (QED) is 0.838. The lowest BCUT2D eigenvalue weighted by molar-refractivity contribution is -0.125. The van der Waals surface area contributed by atoms with Crippen molar-refractivity contribution in [3.63, 3.8) is 0 Å². The van der Waals surface area contributed by atoms with E-state index < -0.39 is 0 Å². The van der Waals surface area contributed by atoms with Gasteiger partial charge in [0.2, 0.25) is 5.91 Å². The van der Waals surface area contributed by atoms with Crippen LogP contribution in [-0.2, 0) is 4.79 Å². The van der Waals surface area contributed by atoms with Crippen LogP contribution >= 0.6 is 0 Å². The van der Waals surface area contributed by atoms with Gasteiger partial charge in [-0.15, -0.1) is 0 Å². The fourth-order valence-electron chi connectivity index (χ4n) is 3.16. The molecular weight excluding hydrogens is 228 g/mol. The molecule has 1 aliphatic heterocycles. The summed E-state index contributed by atoms with van der Waals surface area (Å²) in [6.07, 6.45) is 6.36. The fourth-order valence-corrected chi connectivity index (χ4v) is 3.16. The van der Waals surface area contributed by atoms with Crippen LogP contribution in [0.5, 0.6) is 0 Å². The molecule has 0 radical (unpaired) electrons. The molecule has 1 aliphatic carbocycles. The van der Waals surface area contributed by atoms with Crippen molar-refractivity contribution in [2.75, 3.05) is 13.1 Å². The van der Waals surface area contributed by atoms with E-state index in [1.807, 2.05) is 6.92 Å². The number of nitrogens with zero attached hydrogens (tertiary/aromatic N) is 1. The summed E-state index contributed by atoms with van der Waals surface area (Å²) >= 11 is 0. The number of carbonyl (C=O) groups excluding carboxylic acids is 2. The molecule has 18 heavy (non-hydrogen) atoms. The molecule has 1 saturated carbocycles. The number of hydrogen-bond acceptors (Lipinski definition) is 2. The minimum atomic E-state index is -0.207. The van der Waals surface area contributed by atoms with Gasteiger partial charge < -0.3 is 4.90 Å². The molecule has 0 aromatic carbocycles. The van der Waals surface area contributed by atoms with Gasteiger partial charge in [-0.3, -0.25) is 10.1 Å². The van der Waals surface area contributed by atoms with E-state index in [0.29, 0.717) is 6.54 Å². The van der Waals surface area contributed by atoms with Crippen LogP contribution in [0.2, 0.25) is 0 Å². The Morgan fingerprint density at radius 3 is 2.78 bits per heavy atom. The summed E-state index contributed by atoms with van der Waals surface area (Å²) in [5.41, 5.74) is 0. The third-order valence-corrected chi connectivity index (χ3v) is 4.31. The molecule has 3 amide bonds. The smallest absolute Gasteiger partial charge is 0.324 e. The van der Waals surface area contributed by atoms with Crippen molar-refractivity contribution in [3.8, 4) is 0 Å². The van der Waals surface area contributed by atoms with Crippen LogP contribution < -0.4 is 5.32 Å². The number of hydrogen-bond donors (Lipinski definition) is 1. The van der Waals surface area contributed by atoms with Crippen molar-refractivity contribution in [1.29, 1.82) is 0 Å². The molecule has 1 heterocycles. The fraction of sp³-hybridized carbons (Fsp3) is 0.857. The highest BCUT2D eigenvalue weighted by Crippen LogP contribution is 2.30. The van der Waals surface area contributed by atoms with E-state index in [9.17, 15) is 9.59 Å². The summed E-state index contributed by atoms with van der Waals surface area (Å²) in [6.45, 7) is 5.56. The average Bonchev–Trinajstić information content (AvgIpc) is 2.32. The van der Waals surface area contributed by atoms with Crippen molar-refractivity contribution in [2.45, 2.75) is 46.0 Å². The first-order valence-corrected chi connectivity index (χ1v) is 7.16. The lowest BCUT2D eigenvalue weighted by atomic mass is 9.81. The molecule has 4 heteroatoms. The van der Waals surface area contributed by atoms with E-state index in [4.69, 9.17) is 0 Å². The van der Waals surface area contributed by atoms with Gasteiger partial charge in [0.15, 0.2) is 0 Å². The molecule has 2 rings (SSSR count).